The second kappa shape index (κ2) is 10.6. The van der Waals surface area contributed by atoms with Crippen molar-refractivity contribution in [1.82, 2.24) is 15.1 Å². The summed E-state index contributed by atoms with van der Waals surface area (Å²) in [6.45, 7) is 5.92. The molecule has 1 atom stereocenters. The average molecular weight is 328 g/mol. The van der Waals surface area contributed by atoms with E-state index in [4.69, 9.17) is 4.74 Å². The molecule has 1 unspecified atom stereocenters. The lowest BCUT2D eigenvalue weighted by Gasteiger charge is -2.44. The number of nitrogens with one attached hydrogen (secondary N) is 1. The van der Waals surface area contributed by atoms with Crippen LogP contribution in [-0.2, 0) is 9.53 Å². The number of hydrogen-bond donors (Lipinski definition) is 1. The second-order valence-electron chi connectivity index (χ2n) is 5.19. The third-order valence-electron chi connectivity index (χ3n) is 3.95. The summed E-state index contributed by atoms with van der Waals surface area (Å²) in [6, 6.07) is 0.607. The minimum Gasteiger partial charge on any atom is -0.383 e. The lowest BCUT2D eigenvalue weighted by atomic mass is 9.99. The summed E-state index contributed by atoms with van der Waals surface area (Å²) in [6.07, 6.45) is 3.89. The number of hydrogen-bond acceptors (Lipinski definition) is 4. The van der Waals surface area contributed by atoms with Gasteiger partial charge >= 0.3 is 0 Å². The summed E-state index contributed by atoms with van der Waals surface area (Å²) >= 11 is 0. The van der Waals surface area contributed by atoms with Gasteiger partial charge in [-0.05, 0) is 19.4 Å². The fourth-order valence-corrected chi connectivity index (χ4v) is 2.86. The fraction of sp³-hybridized carbons (Fsp3) is 0.923. The summed E-state index contributed by atoms with van der Waals surface area (Å²) in [5.74, 6) is 0.233. The van der Waals surface area contributed by atoms with Gasteiger partial charge in [0.2, 0.25) is 5.91 Å². The highest BCUT2D eigenvalue weighted by molar-refractivity contribution is 5.85. The van der Waals surface area contributed by atoms with Crippen LogP contribution in [0, 0.1) is 0 Å². The maximum absolute atomic E-state index is 12.0. The maximum Gasteiger partial charge on any atom is 0.236 e. The number of carbonyl (C=O) groups excluding carboxylic acids is 1. The number of nitrogens with zero attached hydrogens (tertiary/aromatic N) is 2. The molecule has 2 rings (SSSR count). The molecule has 1 N–H and O–H groups in total. The molecule has 2 saturated heterocycles. The van der Waals surface area contributed by atoms with Crippen LogP contribution >= 0.6 is 24.8 Å². The van der Waals surface area contributed by atoms with Crippen LogP contribution in [0.25, 0.3) is 0 Å². The molecule has 0 aromatic rings. The van der Waals surface area contributed by atoms with Crippen LogP contribution in [0.5, 0.6) is 0 Å². The molecule has 1 amide bonds. The third-order valence-corrected chi connectivity index (χ3v) is 3.95. The van der Waals surface area contributed by atoms with E-state index in [1.807, 2.05) is 4.90 Å². The molecule has 0 aromatic carbocycles. The highest BCUT2D eigenvalue weighted by Crippen LogP contribution is 2.20. The van der Waals surface area contributed by atoms with E-state index in [-0.39, 0.29) is 30.7 Å². The Balaban J connectivity index is 0.00000180. The molecule has 0 bridgehead atoms. The molecule has 120 valence electrons. The Morgan fingerprint density at radius 2 is 2.05 bits per heavy atom. The molecule has 7 heteroatoms. The van der Waals surface area contributed by atoms with Gasteiger partial charge in [0, 0.05) is 39.3 Å². The number of piperazine rings is 1. The topological polar surface area (TPSA) is 44.8 Å². The number of halogens is 2. The van der Waals surface area contributed by atoms with E-state index in [1.54, 1.807) is 7.11 Å². The molecule has 5 nitrogen and oxygen atoms in total. The van der Waals surface area contributed by atoms with Crippen molar-refractivity contribution in [2.24, 2.45) is 0 Å². The van der Waals surface area contributed by atoms with E-state index >= 15 is 0 Å². The number of fused-ring (bicyclic) bond motifs is 1. The highest BCUT2D eigenvalue weighted by atomic mass is 35.5. The van der Waals surface area contributed by atoms with Gasteiger partial charge in [-0.3, -0.25) is 9.69 Å². The zero-order chi connectivity index (χ0) is 12.8. The quantitative estimate of drug-likeness (QED) is 0.757. The molecule has 0 aliphatic carbocycles. The Labute approximate surface area is 134 Å². The van der Waals surface area contributed by atoms with E-state index in [0.717, 1.165) is 26.2 Å². The van der Waals surface area contributed by atoms with Crippen LogP contribution in [0.1, 0.15) is 19.3 Å². The minimum absolute atomic E-state index is 0. The standard InChI is InChI=1S/C13H25N3O2.2ClH/c1-18-9-5-14-10-13(17)16-8-7-15-6-3-2-4-12(15)11-16;;/h12,14H,2-11H2,1H3;2*1H. The summed E-state index contributed by atoms with van der Waals surface area (Å²) in [5.41, 5.74) is 0. The first-order valence-electron chi connectivity index (χ1n) is 7.02. The lowest BCUT2D eigenvalue weighted by Crippen LogP contribution is -2.57. The van der Waals surface area contributed by atoms with Crippen LogP contribution in [0.4, 0.5) is 0 Å². The Morgan fingerprint density at radius 3 is 2.80 bits per heavy atom. The SMILES string of the molecule is COCCNCC(=O)N1CCN2CCCCC2C1.Cl.Cl. The first-order valence-corrected chi connectivity index (χ1v) is 7.02. The monoisotopic (exact) mass is 327 g/mol. The largest absolute Gasteiger partial charge is 0.383 e. The zero-order valence-electron chi connectivity index (χ0n) is 12.2. The van der Waals surface area contributed by atoms with Gasteiger partial charge < -0.3 is 15.0 Å². The van der Waals surface area contributed by atoms with Crippen molar-refractivity contribution in [3.8, 4) is 0 Å². The van der Waals surface area contributed by atoms with Gasteiger partial charge in [-0.1, -0.05) is 6.42 Å². The van der Waals surface area contributed by atoms with Crippen LogP contribution in [-0.4, -0.2) is 74.7 Å². The van der Waals surface area contributed by atoms with Gasteiger partial charge in [-0.25, -0.2) is 0 Å². The highest BCUT2D eigenvalue weighted by Gasteiger charge is 2.30. The molecular formula is C13H27Cl2N3O2. The van der Waals surface area contributed by atoms with Gasteiger partial charge in [0.25, 0.3) is 0 Å². The summed E-state index contributed by atoms with van der Waals surface area (Å²) in [4.78, 5) is 16.6. The van der Waals surface area contributed by atoms with Crippen molar-refractivity contribution in [1.29, 1.82) is 0 Å². The normalized spacial score (nSPS) is 22.4. The first kappa shape index (κ1) is 19.9. The van der Waals surface area contributed by atoms with Crippen LogP contribution in [0.2, 0.25) is 0 Å². The predicted octanol–water partition coefficient (Wildman–Crippen LogP) is 0.763. The second-order valence-corrected chi connectivity index (χ2v) is 5.19. The molecule has 2 aliphatic heterocycles. The Hall–Kier alpha value is -0.0700. The number of carbonyl (C=O) groups is 1. The van der Waals surface area contributed by atoms with Gasteiger partial charge in [0.15, 0.2) is 0 Å². The number of piperidine rings is 1. The number of rotatable bonds is 5. The van der Waals surface area contributed by atoms with Gasteiger partial charge in [-0.15, -0.1) is 24.8 Å². The number of methoxy groups -OCH3 is 1. The molecule has 2 aliphatic rings. The lowest BCUT2D eigenvalue weighted by molar-refractivity contribution is -0.133. The Bertz CT molecular complexity index is 282. The summed E-state index contributed by atoms with van der Waals surface area (Å²) < 4.78 is 4.95. The fourth-order valence-electron chi connectivity index (χ4n) is 2.86. The predicted molar refractivity (Wildman–Crippen MR) is 85.0 cm³/mol. The molecule has 2 heterocycles. The van der Waals surface area contributed by atoms with Crippen LogP contribution in [0.15, 0.2) is 0 Å². The zero-order valence-corrected chi connectivity index (χ0v) is 13.8. The molecular weight excluding hydrogens is 301 g/mol. The number of amides is 1. The molecule has 0 saturated carbocycles. The van der Waals surface area contributed by atoms with E-state index in [9.17, 15) is 4.79 Å². The number of ether oxygens (including phenoxy) is 1. The first-order chi connectivity index (χ1) is 8.81. The summed E-state index contributed by atoms with van der Waals surface area (Å²) in [5, 5.41) is 3.13. The minimum atomic E-state index is 0. The molecule has 0 spiro atoms. The molecule has 20 heavy (non-hydrogen) atoms. The van der Waals surface area contributed by atoms with Crippen molar-refractivity contribution in [2.75, 3.05) is 53.0 Å². The van der Waals surface area contributed by atoms with E-state index in [1.165, 1.54) is 25.8 Å². The van der Waals surface area contributed by atoms with E-state index < -0.39 is 0 Å². The average Bonchev–Trinajstić information content (AvgIpc) is 2.43. The van der Waals surface area contributed by atoms with Crippen LogP contribution < -0.4 is 5.32 Å². The van der Waals surface area contributed by atoms with Gasteiger partial charge in [-0.2, -0.15) is 0 Å². The van der Waals surface area contributed by atoms with E-state index in [0.29, 0.717) is 19.2 Å². The van der Waals surface area contributed by atoms with Gasteiger partial charge in [0.05, 0.1) is 13.2 Å². The van der Waals surface area contributed by atoms with Crippen molar-refractivity contribution < 1.29 is 9.53 Å². The molecule has 0 radical (unpaired) electrons. The smallest absolute Gasteiger partial charge is 0.236 e. The molecule has 2 fully saturated rings. The van der Waals surface area contributed by atoms with Gasteiger partial charge in [0.1, 0.15) is 0 Å². The molecule has 0 aromatic heterocycles. The van der Waals surface area contributed by atoms with Crippen molar-refractivity contribution >= 4 is 30.7 Å². The summed E-state index contributed by atoms with van der Waals surface area (Å²) in [7, 11) is 1.67. The Kier molecular flexibility index (Phi) is 10.6. The Morgan fingerprint density at radius 1 is 1.25 bits per heavy atom. The van der Waals surface area contributed by atoms with Crippen molar-refractivity contribution in [3.63, 3.8) is 0 Å². The third kappa shape index (κ3) is 5.74. The van der Waals surface area contributed by atoms with Crippen molar-refractivity contribution in [2.45, 2.75) is 25.3 Å². The van der Waals surface area contributed by atoms with Crippen LogP contribution in [0.3, 0.4) is 0 Å². The maximum atomic E-state index is 12.0. The van der Waals surface area contributed by atoms with E-state index in [2.05, 4.69) is 10.2 Å². The van der Waals surface area contributed by atoms with Crippen molar-refractivity contribution in [3.05, 3.63) is 0 Å².